The lowest BCUT2D eigenvalue weighted by Gasteiger charge is -2.26. The van der Waals surface area contributed by atoms with Crippen molar-refractivity contribution in [2.45, 2.75) is 11.8 Å². The van der Waals surface area contributed by atoms with E-state index < -0.39 is 0 Å². The zero-order chi connectivity index (χ0) is 17.6. The van der Waals surface area contributed by atoms with Gasteiger partial charge in [0, 0.05) is 45.3 Å². The van der Waals surface area contributed by atoms with Crippen LogP contribution in [0.5, 0.6) is 0 Å². The average Bonchev–Trinajstić information content (AvgIpc) is 3.34. The molecule has 4 rings (SSSR count). The Labute approximate surface area is 150 Å². The lowest BCUT2D eigenvalue weighted by atomic mass is 9.85. The van der Waals surface area contributed by atoms with Gasteiger partial charge in [-0.3, -0.25) is 9.78 Å². The number of amides is 3. The third kappa shape index (κ3) is 2.50. The van der Waals surface area contributed by atoms with Crippen molar-refractivity contribution in [1.82, 2.24) is 14.8 Å². The summed E-state index contributed by atoms with van der Waals surface area (Å²) in [5, 5.41) is 3.79. The second kappa shape index (κ2) is 5.84. The summed E-state index contributed by atoms with van der Waals surface area (Å²) in [5.41, 5.74) is 2.25. The summed E-state index contributed by atoms with van der Waals surface area (Å²) in [6, 6.07) is 5.68. The van der Waals surface area contributed by atoms with E-state index in [1.165, 1.54) is 11.3 Å². The molecular formula is C18H20N4O2S. The second-order valence-electron chi connectivity index (χ2n) is 6.90. The first-order chi connectivity index (χ1) is 12.0. The predicted molar refractivity (Wildman–Crippen MR) is 97.2 cm³/mol. The number of aromatic nitrogens is 1. The van der Waals surface area contributed by atoms with E-state index in [1.54, 1.807) is 25.2 Å². The monoisotopic (exact) mass is 356 g/mol. The first kappa shape index (κ1) is 16.1. The Bertz CT molecular complexity index is 820. The number of pyridine rings is 1. The molecule has 2 aliphatic rings. The SMILES string of the molecule is CN(C)C(=O)N1CC[C@@]2(C1)CN(C(=O)c1ccsc1)c1cccnc12. The Morgan fingerprint density at radius 1 is 1.28 bits per heavy atom. The van der Waals surface area contributed by atoms with Crippen molar-refractivity contribution in [3.63, 3.8) is 0 Å². The molecule has 2 aromatic rings. The Kier molecular flexibility index (Phi) is 3.76. The van der Waals surface area contributed by atoms with Crippen LogP contribution in [0.3, 0.4) is 0 Å². The molecule has 3 amide bonds. The number of fused-ring (bicyclic) bond motifs is 2. The minimum atomic E-state index is -0.270. The van der Waals surface area contributed by atoms with E-state index in [0.717, 1.165) is 17.8 Å². The molecule has 0 aliphatic carbocycles. The first-order valence-electron chi connectivity index (χ1n) is 8.28. The Morgan fingerprint density at radius 2 is 2.12 bits per heavy atom. The Hall–Kier alpha value is -2.41. The highest BCUT2D eigenvalue weighted by atomic mass is 32.1. The lowest BCUT2D eigenvalue weighted by molar-refractivity contribution is 0.0985. The maximum Gasteiger partial charge on any atom is 0.319 e. The number of carbonyl (C=O) groups is 2. The number of hydrogen-bond donors (Lipinski definition) is 0. The van der Waals surface area contributed by atoms with Gasteiger partial charge in [0.05, 0.1) is 22.4 Å². The molecule has 6 nitrogen and oxygen atoms in total. The van der Waals surface area contributed by atoms with Gasteiger partial charge in [0.2, 0.25) is 0 Å². The standard InChI is InChI=1S/C18H20N4O2S/c1-20(2)17(24)21-8-6-18(11-21)12-22(14-4-3-7-19-15(14)18)16(23)13-5-9-25-10-13/h3-5,7,9-10H,6,8,11-12H2,1-2H3/t18-/m1/s1. The molecule has 130 valence electrons. The molecule has 1 saturated heterocycles. The molecule has 2 aromatic heterocycles. The van der Waals surface area contributed by atoms with Crippen LogP contribution in [0.2, 0.25) is 0 Å². The number of thiophene rings is 1. The van der Waals surface area contributed by atoms with Gasteiger partial charge in [0.25, 0.3) is 5.91 Å². The van der Waals surface area contributed by atoms with Gasteiger partial charge in [-0.2, -0.15) is 11.3 Å². The number of nitrogens with zero attached hydrogens (tertiary/aromatic N) is 4. The fraction of sp³-hybridized carbons (Fsp3) is 0.389. The minimum absolute atomic E-state index is 0.00441. The molecule has 0 aromatic carbocycles. The highest BCUT2D eigenvalue weighted by molar-refractivity contribution is 7.08. The summed E-state index contributed by atoms with van der Waals surface area (Å²) >= 11 is 1.52. The van der Waals surface area contributed by atoms with Gasteiger partial charge in [0.1, 0.15) is 0 Å². The van der Waals surface area contributed by atoms with Gasteiger partial charge in [-0.15, -0.1) is 0 Å². The highest BCUT2D eigenvalue weighted by Gasteiger charge is 2.51. The number of urea groups is 1. The molecule has 1 atom stereocenters. The predicted octanol–water partition coefficient (Wildman–Crippen LogP) is 2.43. The summed E-state index contributed by atoms with van der Waals surface area (Å²) in [5.74, 6) is 0.00441. The summed E-state index contributed by atoms with van der Waals surface area (Å²) in [6.07, 6.45) is 2.60. The third-order valence-electron chi connectivity index (χ3n) is 5.06. The van der Waals surface area contributed by atoms with Crippen LogP contribution in [-0.4, -0.2) is 60.5 Å². The molecule has 0 bridgehead atoms. The van der Waals surface area contributed by atoms with E-state index in [2.05, 4.69) is 4.98 Å². The van der Waals surface area contributed by atoms with Crippen molar-refractivity contribution in [3.05, 3.63) is 46.4 Å². The molecule has 7 heteroatoms. The summed E-state index contributed by atoms with van der Waals surface area (Å²) in [4.78, 5) is 35.2. The van der Waals surface area contributed by atoms with E-state index in [-0.39, 0.29) is 17.4 Å². The zero-order valence-electron chi connectivity index (χ0n) is 14.3. The second-order valence-corrected chi connectivity index (χ2v) is 7.68. The normalized spacial score (nSPS) is 21.7. The van der Waals surface area contributed by atoms with Gasteiger partial charge in [0.15, 0.2) is 0 Å². The molecule has 1 spiro atoms. The third-order valence-corrected chi connectivity index (χ3v) is 5.74. The van der Waals surface area contributed by atoms with Crippen LogP contribution in [0.25, 0.3) is 0 Å². The van der Waals surface area contributed by atoms with Crippen LogP contribution >= 0.6 is 11.3 Å². The van der Waals surface area contributed by atoms with Crippen molar-refractivity contribution >= 4 is 29.0 Å². The summed E-state index contributed by atoms with van der Waals surface area (Å²) in [6.45, 7) is 1.86. The molecule has 4 heterocycles. The molecular weight excluding hydrogens is 336 g/mol. The first-order valence-corrected chi connectivity index (χ1v) is 9.22. The van der Waals surface area contributed by atoms with Crippen LogP contribution in [0.4, 0.5) is 10.5 Å². The number of likely N-dealkylation sites (tertiary alicyclic amines) is 1. The van der Waals surface area contributed by atoms with Gasteiger partial charge in [-0.05, 0) is 30.0 Å². The molecule has 1 fully saturated rings. The van der Waals surface area contributed by atoms with E-state index >= 15 is 0 Å². The minimum Gasteiger partial charge on any atom is -0.331 e. The van der Waals surface area contributed by atoms with Crippen molar-refractivity contribution in [2.75, 3.05) is 38.6 Å². The number of carbonyl (C=O) groups excluding carboxylic acids is 2. The van der Waals surface area contributed by atoms with Crippen molar-refractivity contribution in [3.8, 4) is 0 Å². The summed E-state index contributed by atoms with van der Waals surface area (Å²) < 4.78 is 0. The number of hydrogen-bond acceptors (Lipinski definition) is 4. The molecule has 0 N–H and O–H groups in total. The fourth-order valence-corrected chi connectivity index (χ4v) is 4.48. The van der Waals surface area contributed by atoms with Gasteiger partial charge >= 0.3 is 6.03 Å². The van der Waals surface area contributed by atoms with Crippen LogP contribution in [-0.2, 0) is 5.41 Å². The van der Waals surface area contributed by atoms with E-state index in [0.29, 0.717) is 25.2 Å². The largest absolute Gasteiger partial charge is 0.331 e. The van der Waals surface area contributed by atoms with E-state index in [9.17, 15) is 9.59 Å². The van der Waals surface area contributed by atoms with E-state index in [1.807, 2.05) is 38.8 Å². The quantitative estimate of drug-likeness (QED) is 0.789. The molecule has 0 unspecified atom stereocenters. The average molecular weight is 356 g/mol. The van der Waals surface area contributed by atoms with E-state index in [4.69, 9.17) is 0 Å². The fourth-order valence-electron chi connectivity index (χ4n) is 3.85. The lowest BCUT2D eigenvalue weighted by Crippen LogP contribution is -2.42. The van der Waals surface area contributed by atoms with Crippen LogP contribution in [0.15, 0.2) is 35.2 Å². The molecule has 25 heavy (non-hydrogen) atoms. The van der Waals surface area contributed by atoms with Crippen LogP contribution < -0.4 is 4.90 Å². The molecule has 2 aliphatic heterocycles. The number of anilines is 1. The molecule has 0 radical (unpaired) electrons. The van der Waals surface area contributed by atoms with Crippen LogP contribution in [0.1, 0.15) is 22.5 Å². The summed E-state index contributed by atoms with van der Waals surface area (Å²) in [7, 11) is 3.53. The highest BCUT2D eigenvalue weighted by Crippen LogP contribution is 2.45. The maximum atomic E-state index is 13.0. The Morgan fingerprint density at radius 3 is 2.84 bits per heavy atom. The van der Waals surface area contributed by atoms with Gasteiger partial charge in [-0.1, -0.05) is 0 Å². The van der Waals surface area contributed by atoms with Crippen molar-refractivity contribution in [2.24, 2.45) is 0 Å². The van der Waals surface area contributed by atoms with Crippen molar-refractivity contribution in [1.29, 1.82) is 0 Å². The maximum absolute atomic E-state index is 13.0. The van der Waals surface area contributed by atoms with Crippen LogP contribution in [0, 0.1) is 0 Å². The topological polar surface area (TPSA) is 56.8 Å². The van der Waals surface area contributed by atoms with Gasteiger partial charge in [-0.25, -0.2) is 4.79 Å². The Balaban J connectivity index is 1.68. The zero-order valence-corrected chi connectivity index (χ0v) is 15.1. The smallest absolute Gasteiger partial charge is 0.319 e. The van der Waals surface area contributed by atoms with Gasteiger partial charge < -0.3 is 14.7 Å². The molecule has 0 saturated carbocycles. The van der Waals surface area contributed by atoms with Crippen molar-refractivity contribution < 1.29 is 9.59 Å². The number of rotatable bonds is 1.